The van der Waals surface area contributed by atoms with Crippen LogP contribution in [0.2, 0.25) is 6.04 Å². The Balaban J connectivity index is 0.000000452. The van der Waals surface area contributed by atoms with Crippen molar-refractivity contribution >= 4 is 27.7 Å². The molecule has 0 aliphatic carbocycles. The maximum absolute atomic E-state index is 2.30. The Morgan fingerprint density at radius 1 is 0.733 bits per heavy atom. The predicted molar refractivity (Wildman–Crippen MR) is 125 cm³/mol. The molecule has 0 unspecified atom stereocenters. The molecule has 4 rings (SSSR count). The maximum atomic E-state index is 2.30. The molecule has 0 amide bonds. The Morgan fingerprint density at radius 2 is 1.10 bits per heavy atom. The summed E-state index contributed by atoms with van der Waals surface area (Å²) in [5, 5.41) is 5.59. The Morgan fingerprint density at radius 3 is 1.37 bits per heavy atom. The molecule has 0 saturated heterocycles. The first kappa shape index (κ1) is 29.3. The fourth-order valence-electron chi connectivity index (χ4n) is 3.31. The second-order valence-electron chi connectivity index (χ2n) is 7.20. The van der Waals surface area contributed by atoms with E-state index in [9.17, 15) is 0 Å². The largest absolute Gasteiger partial charge is 1.00 e. The summed E-state index contributed by atoms with van der Waals surface area (Å²) in [5.74, 6) is 0. The average Bonchev–Trinajstić information content (AvgIpc) is 3.34. The molecule has 0 nitrogen and oxygen atoms in total. The van der Waals surface area contributed by atoms with Gasteiger partial charge < -0.3 is 24.8 Å². The first-order valence-electron chi connectivity index (χ1n) is 10.3. The van der Waals surface area contributed by atoms with Crippen molar-refractivity contribution in [2.75, 3.05) is 0 Å². The van der Waals surface area contributed by atoms with E-state index in [4.69, 9.17) is 0 Å². The normalized spacial score (nSPS) is 9.57. The minimum Gasteiger partial charge on any atom is -1.00 e. The topological polar surface area (TPSA) is 0 Å². The molecule has 0 N–H and O–H groups in total. The number of halogens is 2. The van der Waals surface area contributed by atoms with Crippen molar-refractivity contribution in [2.45, 2.75) is 53.5 Å². The van der Waals surface area contributed by atoms with E-state index in [2.05, 4.69) is 95.3 Å². The zero-order valence-electron chi connectivity index (χ0n) is 18.7. The van der Waals surface area contributed by atoms with Gasteiger partial charge in [-0.3, -0.25) is 0 Å². The number of benzene rings is 2. The molecule has 0 spiro atoms. The summed E-state index contributed by atoms with van der Waals surface area (Å²) in [6.45, 7) is 11.0. The molecular weight excluding hydrogens is 503 g/mol. The number of hydrogen-bond acceptors (Lipinski definition) is 0. The van der Waals surface area contributed by atoms with Crippen molar-refractivity contribution in [3.8, 4) is 0 Å². The first-order valence-corrected chi connectivity index (χ1v) is 16.0. The van der Waals surface area contributed by atoms with Crippen molar-refractivity contribution in [1.29, 1.82) is 0 Å². The summed E-state index contributed by atoms with van der Waals surface area (Å²) in [5.41, 5.74) is 5.65. The summed E-state index contributed by atoms with van der Waals surface area (Å²) in [4.78, 5) is 0. The average molecular weight is 535 g/mol. The number of aryl methyl sites for hydroxylation is 4. The van der Waals surface area contributed by atoms with Gasteiger partial charge in [-0.2, -0.15) is 12.1 Å². The van der Waals surface area contributed by atoms with Crippen LogP contribution in [0.3, 0.4) is 0 Å². The van der Waals surface area contributed by atoms with Gasteiger partial charge >= 0.3 is 42.5 Å². The smallest absolute Gasteiger partial charge is 0.0487 e. The van der Waals surface area contributed by atoms with Crippen LogP contribution < -0.4 is 24.8 Å². The Labute approximate surface area is 211 Å². The summed E-state index contributed by atoms with van der Waals surface area (Å²) >= 11 is 1.75. The monoisotopic (exact) mass is 532 g/mol. The van der Waals surface area contributed by atoms with Crippen LogP contribution in [-0.4, -0.2) is 6.16 Å². The standard InChI is InChI=1S/2C12H13.C2H6Si.2ClH.Zr/c2*1-3-10-7-11-6-4-5-9(2)12(11)8-10;1-2-3;;;/h2*4-8H,3H2,1-2H3;3H,2H2,1H3;2*1H;/q2*-1;;;;+2/p-2. The van der Waals surface area contributed by atoms with Crippen LogP contribution in [0.25, 0.3) is 21.5 Å². The van der Waals surface area contributed by atoms with Gasteiger partial charge in [-0.25, -0.2) is 0 Å². The fraction of sp³-hybridized carbons (Fsp3) is 0.308. The van der Waals surface area contributed by atoms with Crippen molar-refractivity contribution < 1.29 is 48.1 Å². The van der Waals surface area contributed by atoms with E-state index in [-0.39, 0.29) is 24.8 Å². The summed E-state index contributed by atoms with van der Waals surface area (Å²) < 4.78 is 0. The molecule has 0 aromatic heterocycles. The summed E-state index contributed by atoms with van der Waals surface area (Å²) in [7, 11) is 0. The number of rotatable bonds is 3. The molecular formula is C26H32Cl2SiZr-2. The number of fused-ring (bicyclic) bond motifs is 2. The van der Waals surface area contributed by atoms with E-state index < -0.39 is 0 Å². The molecule has 0 saturated carbocycles. The van der Waals surface area contributed by atoms with Crippen LogP contribution in [0, 0.1) is 13.8 Å². The molecule has 4 aromatic carbocycles. The molecule has 4 aromatic rings. The predicted octanol–water partition coefficient (Wildman–Crippen LogP) is 1.19. The Kier molecular flexibility index (Phi) is 14.9. The molecule has 0 heterocycles. The molecule has 0 bridgehead atoms. The zero-order chi connectivity index (χ0) is 20.5. The maximum Gasteiger partial charge on any atom is -0.0487 e. The van der Waals surface area contributed by atoms with E-state index in [0.717, 1.165) is 19.0 Å². The van der Waals surface area contributed by atoms with E-state index in [1.54, 1.807) is 23.3 Å². The molecule has 0 aliphatic heterocycles. The number of hydrogen-bond donors (Lipinski definition) is 0. The van der Waals surface area contributed by atoms with Gasteiger partial charge in [-0.15, -0.1) is 69.1 Å². The second kappa shape index (κ2) is 15.2. The molecule has 160 valence electrons. The third-order valence-corrected chi connectivity index (χ3v) is 8.50. The van der Waals surface area contributed by atoms with E-state index in [1.807, 2.05) is 0 Å². The van der Waals surface area contributed by atoms with Gasteiger partial charge in [0.25, 0.3) is 0 Å². The van der Waals surface area contributed by atoms with Crippen molar-refractivity contribution in [2.24, 2.45) is 0 Å². The fourth-order valence-corrected chi connectivity index (χ4v) is 3.31. The molecule has 0 aliphatic rings. The third kappa shape index (κ3) is 8.12. The summed E-state index contributed by atoms with van der Waals surface area (Å²) in [6, 6.07) is 23.5. The van der Waals surface area contributed by atoms with E-state index >= 15 is 0 Å². The molecule has 30 heavy (non-hydrogen) atoms. The first-order chi connectivity index (χ1) is 13.5. The second-order valence-corrected chi connectivity index (χ2v) is 11.4. The van der Waals surface area contributed by atoms with Crippen LogP contribution in [0.5, 0.6) is 0 Å². The van der Waals surface area contributed by atoms with Gasteiger partial charge in [0.1, 0.15) is 0 Å². The van der Waals surface area contributed by atoms with Gasteiger partial charge in [0.2, 0.25) is 0 Å². The van der Waals surface area contributed by atoms with Crippen LogP contribution in [-0.2, 0) is 36.2 Å². The van der Waals surface area contributed by atoms with Gasteiger partial charge in [-0.1, -0.05) is 37.1 Å². The van der Waals surface area contributed by atoms with Crippen LogP contribution >= 0.6 is 0 Å². The minimum absolute atomic E-state index is 0. The van der Waals surface area contributed by atoms with Crippen molar-refractivity contribution in [3.05, 3.63) is 82.9 Å². The molecule has 0 atom stereocenters. The van der Waals surface area contributed by atoms with Crippen molar-refractivity contribution in [3.63, 3.8) is 0 Å². The minimum atomic E-state index is 0. The van der Waals surface area contributed by atoms with Gasteiger partial charge in [0.05, 0.1) is 0 Å². The van der Waals surface area contributed by atoms with Crippen LogP contribution in [0.4, 0.5) is 0 Å². The van der Waals surface area contributed by atoms with Gasteiger partial charge in [-0.05, 0) is 26.7 Å². The van der Waals surface area contributed by atoms with E-state index in [0.29, 0.717) is 0 Å². The van der Waals surface area contributed by atoms with Gasteiger partial charge in [0, 0.05) is 0 Å². The molecule has 0 radical (unpaired) electrons. The van der Waals surface area contributed by atoms with Crippen LogP contribution in [0.15, 0.2) is 60.7 Å². The summed E-state index contributed by atoms with van der Waals surface area (Å²) in [6.07, 6.45) is 3.14. The molecule has 0 fully saturated rings. The Bertz CT molecular complexity index is 950. The van der Waals surface area contributed by atoms with Crippen LogP contribution in [0.1, 0.15) is 43.0 Å². The van der Waals surface area contributed by atoms with E-state index in [1.165, 1.54) is 49.8 Å². The quantitative estimate of drug-likeness (QED) is 0.274. The Hall–Kier alpha value is -0.660. The van der Waals surface area contributed by atoms with Gasteiger partial charge in [0.15, 0.2) is 0 Å². The molecule has 4 heteroatoms. The zero-order valence-corrected chi connectivity index (χ0v) is 23.9. The van der Waals surface area contributed by atoms with Crippen molar-refractivity contribution in [1.82, 2.24) is 0 Å². The third-order valence-electron chi connectivity index (χ3n) is 5.08. The SMILES string of the molecule is CC[SiH]=[Zr+2].CCc1cc2c(C)cccc2[cH-]1.CCc1cc2c(C)cccc2[cH-]1.[Cl-].[Cl-].